The Morgan fingerprint density at radius 3 is 2.18 bits per heavy atom. The Labute approximate surface area is 166 Å². The van der Waals surface area contributed by atoms with E-state index in [2.05, 4.69) is 54.4 Å². The molecular formula is C23H26N4O. The molecule has 1 aromatic heterocycles. The second-order valence-corrected chi connectivity index (χ2v) is 7.68. The van der Waals surface area contributed by atoms with Gasteiger partial charge in [-0.2, -0.15) is 0 Å². The second-order valence-electron chi connectivity index (χ2n) is 7.68. The lowest BCUT2D eigenvalue weighted by Crippen LogP contribution is -2.15. The van der Waals surface area contributed by atoms with E-state index in [1.54, 1.807) is 12.4 Å². The molecule has 0 spiro atoms. The zero-order valence-corrected chi connectivity index (χ0v) is 16.8. The second kappa shape index (κ2) is 8.21. The Morgan fingerprint density at radius 2 is 1.54 bits per heavy atom. The van der Waals surface area contributed by atoms with Crippen LogP contribution in [0.1, 0.15) is 49.2 Å². The van der Waals surface area contributed by atoms with Gasteiger partial charge in [0.15, 0.2) is 0 Å². The van der Waals surface area contributed by atoms with E-state index in [-0.39, 0.29) is 11.3 Å². The molecule has 5 nitrogen and oxygen atoms in total. The van der Waals surface area contributed by atoms with Gasteiger partial charge in [0.05, 0.1) is 5.56 Å². The quantitative estimate of drug-likeness (QED) is 0.633. The number of nitrogens with one attached hydrogen (secondary N) is 2. The van der Waals surface area contributed by atoms with E-state index in [1.165, 1.54) is 5.56 Å². The van der Waals surface area contributed by atoms with E-state index in [0.717, 1.165) is 23.4 Å². The highest BCUT2D eigenvalue weighted by molar-refractivity contribution is 6.04. The van der Waals surface area contributed by atoms with Gasteiger partial charge in [-0.3, -0.25) is 4.79 Å². The molecule has 0 atom stereocenters. The van der Waals surface area contributed by atoms with Gasteiger partial charge in [0.2, 0.25) is 5.95 Å². The largest absolute Gasteiger partial charge is 0.324 e. The summed E-state index contributed by atoms with van der Waals surface area (Å²) in [6.45, 7) is 8.55. The molecule has 0 bridgehead atoms. The van der Waals surface area contributed by atoms with Crippen LogP contribution >= 0.6 is 0 Å². The van der Waals surface area contributed by atoms with Crippen LogP contribution in [0.4, 0.5) is 17.3 Å². The van der Waals surface area contributed by atoms with E-state index < -0.39 is 0 Å². The molecule has 0 unspecified atom stereocenters. The Kier molecular flexibility index (Phi) is 5.73. The van der Waals surface area contributed by atoms with E-state index in [4.69, 9.17) is 0 Å². The van der Waals surface area contributed by atoms with Gasteiger partial charge in [-0.1, -0.05) is 64.1 Å². The first-order valence-electron chi connectivity index (χ1n) is 9.46. The molecule has 28 heavy (non-hydrogen) atoms. The highest BCUT2D eigenvalue weighted by Gasteiger charge is 2.18. The number of para-hydroxylation sites is 2. The molecule has 0 aliphatic heterocycles. The lowest BCUT2D eigenvalue weighted by molar-refractivity contribution is 0.102. The van der Waals surface area contributed by atoms with Crippen molar-refractivity contribution in [2.24, 2.45) is 0 Å². The van der Waals surface area contributed by atoms with Crippen LogP contribution in [-0.4, -0.2) is 15.9 Å². The maximum atomic E-state index is 12.5. The number of hydrogen-bond donors (Lipinski definition) is 2. The SMILES string of the molecule is CCc1ccccc1NC(=O)c1cnc(Nc2ccccc2C(C)(C)C)nc1. The van der Waals surface area contributed by atoms with Crippen molar-refractivity contribution in [2.45, 2.75) is 39.5 Å². The minimum absolute atomic E-state index is 0.00388. The zero-order valence-electron chi connectivity index (χ0n) is 16.8. The molecule has 1 heterocycles. The molecule has 144 valence electrons. The number of anilines is 3. The molecule has 0 fully saturated rings. The van der Waals surface area contributed by atoms with Gasteiger partial charge < -0.3 is 10.6 Å². The lowest BCUT2D eigenvalue weighted by Gasteiger charge is -2.22. The monoisotopic (exact) mass is 374 g/mol. The van der Waals surface area contributed by atoms with Crippen LogP contribution in [0.3, 0.4) is 0 Å². The molecule has 0 radical (unpaired) electrons. The first-order chi connectivity index (χ1) is 13.4. The molecule has 0 aliphatic rings. The molecule has 3 rings (SSSR count). The number of aryl methyl sites for hydroxylation is 1. The van der Waals surface area contributed by atoms with Crippen LogP contribution in [-0.2, 0) is 11.8 Å². The number of rotatable bonds is 5. The minimum atomic E-state index is -0.220. The zero-order chi connectivity index (χ0) is 20.1. The number of carbonyl (C=O) groups excluding carboxylic acids is 1. The van der Waals surface area contributed by atoms with E-state index in [1.807, 2.05) is 42.5 Å². The summed E-state index contributed by atoms with van der Waals surface area (Å²) in [4.78, 5) is 21.2. The van der Waals surface area contributed by atoms with Crippen LogP contribution < -0.4 is 10.6 Å². The van der Waals surface area contributed by atoms with Crippen molar-refractivity contribution in [2.75, 3.05) is 10.6 Å². The average Bonchev–Trinajstić information content (AvgIpc) is 2.68. The molecule has 1 amide bonds. The van der Waals surface area contributed by atoms with E-state index in [9.17, 15) is 4.79 Å². The first kappa shape index (κ1) is 19.5. The predicted octanol–water partition coefficient (Wildman–Crippen LogP) is 5.33. The smallest absolute Gasteiger partial charge is 0.258 e. The topological polar surface area (TPSA) is 66.9 Å². The Hall–Kier alpha value is -3.21. The van der Waals surface area contributed by atoms with Crippen molar-refractivity contribution >= 4 is 23.2 Å². The van der Waals surface area contributed by atoms with Crippen LogP contribution in [0.5, 0.6) is 0 Å². The summed E-state index contributed by atoms with van der Waals surface area (Å²) < 4.78 is 0. The minimum Gasteiger partial charge on any atom is -0.324 e. The maximum absolute atomic E-state index is 12.5. The van der Waals surface area contributed by atoms with Crippen molar-refractivity contribution in [3.8, 4) is 0 Å². The summed E-state index contributed by atoms with van der Waals surface area (Å²) in [7, 11) is 0. The number of aromatic nitrogens is 2. The number of hydrogen-bond acceptors (Lipinski definition) is 4. The first-order valence-corrected chi connectivity index (χ1v) is 9.46. The highest BCUT2D eigenvalue weighted by Crippen LogP contribution is 2.30. The molecule has 2 aromatic carbocycles. The van der Waals surface area contributed by atoms with Gasteiger partial charge in [-0.15, -0.1) is 0 Å². The normalized spacial score (nSPS) is 11.1. The number of amides is 1. The van der Waals surface area contributed by atoms with Gasteiger partial charge in [0.25, 0.3) is 5.91 Å². The molecule has 5 heteroatoms. The fourth-order valence-corrected chi connectivity index (χ4v) is 3.02. The summed E-state index contributed by atoms with van der Waals surface area (Å²) in [6, 6.07) is 15.9. The molecule has 0 aliphatic carbocycles. The molecular weight excluding hydrogens is 348 g/mol. The predicted molar refractivity (Wildman–Crippen MR) is 114 cm³/mol. The third-order valence-electron chi connectivity index (χ3n) is 4.54. The van der Waals surface area contributed by atoms with Crippen molar-refractivity contribution in [3.05, 3.63) is 77.6 Å². The lowest BCUT2D eigenvalue weighted by atomic mass is 9.86. The van der Waals surface area contributed by atoms with Crippen molar-refractivity contribution in [1.29, 1.82) is 0 Å². The van der Waals surface area contributed by atoms with Gasteiger partial charge >= 0.3 is 0 Å². The van der Waals surface area contributed by atoms with Gasteiger partial charge in [-0.05, 0) is 35.1 Å². The molecule has 0 saturated heterocycles. The Balaban J connectivity index is 1.75. The third kappa shape index (κ3) is 4.55. The number of carbonyl (C=O) groups is 1. The number of nitrogens with zero attached hydrogens (tertiary/aromatic N) is 2. The Morgan fingerprint density at radius 1 is 0.929 bits per heavy atom. The van der Waals surface area contributed by atoms with Crippen molar-refractivity contribution in [1.82, 2.24) is 9.97 Å². The van der Waals surface area contributed by atoms with Crippen molar-refractivity contribution in [3.63, 3.8) is 0 Å². The van der Waals surface area contributed by atoms with Gasteiger partial charge in [0, 0.05) is 23.8 Å². The standard InChI is InChI=1S/C23H26N4O/c1-5-16-10-6-8-12-19(16)26-21(28)17-14-24-22(25-15-17)27-20-13-9-7-11-18(20)23(2,3)4/h6-15H,5H2,1-4H3,(H,26,28)(H,24,25,27). The maximum Gasteiger partial charge on any atom is 0.258 e. The molecule has 2 N–H and O–H groups in total. The summed E-state index contributed by atoms with van der Waals surface area (Å²) in [5.74, 6) is 0.241. The van der Waals surface area contributed by atoms with Crippen LogP contribution in [0.15, 0.2) is 60.9 Å². The van der Waals surface area contributed by atoms with Crippen LogP contribution in [0, 0.1) is 0 Å². The van der Waals surface area contributed by atoms with Crippen molar-refractivity contribution < 1.29 is 4.79 Å². The van der Waals surface area contributed by atoms with E-state index >= 15 is 0 Å². The van der Waals surface area contributed by atoms with Crippen LogP contribution in [0.2, 0.25) is 0 Å². The summed E-state index contributed by atoms with van der Waals surface area (Å²) in [5, 5.41) is 6.20. The highest BCUT2D eigenvalue weighted by atomic mass is 16.1. The van der Waals surface area contributed by atoms with Crippen LogP contribution in [0.25, 0.3) is 0 Å². The summed E-state index contributed by atoms with van der Waals surface area (Å²) >= 11 is 0. The fourth-order valence-electron chi connectivity index (χ4n) is 3.02. The number of benzene rings is 2. The average molecular weight is 374 g/mol. The summed E-state index contributed by atoms with van der Waals surface area (Å²) in [6.07, 6.45) is 3.93. The molecule has 3 aromatic rings. The Bertz CT molecular complexity index is 959. The van der Waals surface area contributed by atoms with Gasteiger partial charge in [-0.25, -0.2) is 9.97 Å². The third-order valence-corrected chi connectivity index (χ3v) is 4.54. The summed E-state index contributed by atoms with van der Waals surface area (Å²) in [5.41, 5.74) is 4.46. The fraction of sp³-hybridized carbons (Fsp3) is 0.261. The van der Waals surface area contributed by atoms with E-state index in [0.29, 0.717) is 11.5 Å². The molecule has 0 saturated carbocycles. The van der Waals surface area contributed by atoms with Gasteiger partial charge in [0.1, 0.15) is 0 Å².